The second kappa shape index (κ2) is 5.80. The fourth-order valence-electron chi connectivity index (χ4n) is 2.62. The quantitative estimate of drug-likeness (QED) is 0.745. The lowest BCUT2D eigenvalue weighted by atomic mass is 9.94. The van der Waals surface area contributed by atoms with E-state index in [4.69, 9.17) is 22.4 Å². The van der Waals surface area contributed by atoms with Gasteiger partial charge in [-0.25, -0.2) is 0 Å². The summed E-state index contributed by atoms with van der Waals surface area (Å²) in [5, 5.41) is 19.3. The molecular formula is C14H18ClNO3. The largest absolute Gasteiger partial charge is 0.506 e. The Kier molecular flexibility index (Phi) is 4.32. The molecule has 0 fully saturated rings. The maximum atomic E-state index is 10.7. The van der Waals surface area contributed by atoms with Crippen molar-refractivity contribution in [3.05, 3.63) is 27.8 Å². The van der Waals surface area contributed by atoms with Crippen molar-refractivity contribution < 1.29 is 15.0 Å². The van der Waals surface area contributed by atoms with Crippen LogP contribution in [0, 0.1) is 0 Å². The number of fused-ring (bicyclic) bond motifs is 1. The molecule has 0 saturated carbocycles. The third-order valence-corrected chi connectivity index (χ3v) is 4.04. The number of aryl methyl sites for hydroxylation is 1. The molecule has 0 spiro atoms. The Hall–Kier alpha value is -1.26. The number of carbonyl (C=O) groups is 1. The molecule has 0 radical (unpaired) electrons. The van der Waals surface area contributed by atoms with Crippen LogP contribution in [0.3, 0.4) is 0 Å². The average Bonchev–Trinajstić information content (AvgIpc) is 2.58. The van der Waals surface area contributed by atoms with Crippen molar-refractivity contribution in [1.82, 2.24) is 0 Å². The minimum Gasteiger partial charge on any atom is -0.506 e. The zero-order chi connectivity index (χ0) is 14.0. The fourth-order valence-corrected chi connectivity index (χ4v) is 2.95. The molecule has 0 aliphatic heterocycles. The van der Waals surface area contributed by atoms with Crippen molar-refractivity contribution in [3.8, 4) is 5.75 Å². The number of phenols is 1. The molecule has 4 N–H and O–H groups in total. The Bertz CT molecular complexity index is 502. The topological polar surface area (TPSA) is 83.6 Å². The van der Waals surface area contributed by atoms with E-state index in [1.807, 2.05) is 6.07 Å². The van der Waals surface area contributed by atoms with Gasteiger partial charge >= 0.3 is 5.97 Å². The number of carboxylic acid groups (broad SMARTS) is 1. The van der Waals surface area contributed by atoms with Crippen LogP contribution < -0.4 is 5.73 Å². The van der Waals surface area contributed by atoms with Crippen LogP contribution in [0.25, 0.3) is 0 Å². The summed E-state index contributed by atoms with van der Waals surface area (Å²) in [5.74, 6) is -1.05. The SMILES string of the molecule is NC(CC(=O)O)c1cc2c(c(Cl)c1O)CCCCC2. The number of aromatic hydroxyl groups is 1. The number of benzene rings is 1. The highest BCUT2D eigenvalue weighted by Gasteiger charge is 2.22. The minimum absolute atomic E-state index is 0.0592. The number of carboxylic acids is 1. The van der Waals surface area contributed by atoms with Crippen molar-refractivity contribution in [1.29, 1.82) is 0 Å². The molecule has 2 rings (SSSR count). The number of aliphatic carboxylic acids is 1. The van der Waals surface area contributed by atoms with Crippen LogP contribution in [0.2, 0.25) is 5.02 Å². The molecule has 1 unspecified atom stereocenters. The Morgan fingerprint density at radius 1 is 1.37 bits per heavy atom. The predicted octanol–water partition coefficient (Wildman–Crippen LogP) is 2.79. The molecule has 0 aromatic heterocycles. The van der Waals surface area contributed by atoms with E-state index in [0.29, 0.717) is 10.6 Å². The number of nitrogens with two attached hydrogens (primary N) is 1. The summed E-state index contributed by atoms with van der Waals surface area (Å²) in [7, 11) is 0. The van der Waals surface area contributed by atoms with E-state index in [-0.39, 0.29) is 12.2 Å². The van der Waals surface area contributed by atoms with Crippen molar-refractivity contribution in [3.63, 3.8) is 0 Å². The highest BCUT2D eigenvalue weighted by atomic mass is 35.5. The van der Waals surface area contributed by atoms with Crippen LogP contribution in [0.1, 0.15) is 48.4 Å². The van der Waals surface area contributed by atoms with Gasteiger partial charge in [0.25, 0.3) is 0 Å². The second-order valence-electron chi connectivity index (χ2n) is 5.03. The Labute approximate surface area is 117 Å². The lowest BCUT2D eigenvalue weighted by Gasteiger charge is -2.17. The van der Waals surface area contributed by atoms with Crippen molar-refractivity contribution in [2.75, 3.05) is 0 Å². The molecule has 1 aliphatic carbocycles. The summed E-state index contributed by atoms with van der Waals surface area (Å²) >= 11 is 6.22. The van der Waals surface area contributed by atoms with E-state index >= 15 is 0 Å². The highest BCUT2D eigenvalue weighted by molar-refractivity contribution is 6.33. The predicted molar refractivity (Wildman–Crippen MR) is 73.6 cm³/mol. The second-order valence-corrected chi connectivity index (χ2v) is 5.41. The van der Waals surface area contributed by atoms with E-state index in [9.17, 15) is 9.90 Å². The van der Waals surface area contributed by atoms with Gasteiger partial charge in [0.2, 0.25) is 0 Å². The van der Waals surface area contributed by atoms with Crippen LogP contribution in [-0.2, 0) is 17.6 Å². The molecule has 0 bridgehead atoms. The number of phenolic OH excluding ortho intramolecular Hbond substituents is 1. The smallest absolute Gasteiger partial charge is 0.305 e. The molecule has 0 saturated heterocycles. The molecule has 4 nitrogen and oxygen atoms in total. The van der Waals surface area contributed by atoms with Gasteiger partial charge < -0.3 is 15.9 Å². The van der Waals surface area contributed by atoms with Gasteiger partial charge in [-0.1, -0.05) is 24.1 Å². The van der Waals surface area contributed by atoms with Gasteiger partial charge in [0.1, 0.15) is 5.75 Å². The summed E-state index contributed by atoms with van der Waals surface area (Å²) in [4.78, 5) is 10.7. The normalized spacial score (nSPS) is 16.5. The first kappa shape index (κ1) is 14.2. The monoisotopic (exact) mass is 283 g/mol. The van der Waals surface area contributed by atoms with Gasteiger partial charge in [-0.2, -0.15) is 0 Å². The molecule has 1 aliphatic rings. The molecule has 19 heavy (non-hydrogen) atoms. The number of halogens is 1. The van der Waals surface area contributed by atoms with Crippen LogP contribution in [0.15, 0.2) is 6.07 Å². The third kappa shape index (κ3) is 3.01. The van der Waals surface area contributed by atoms with Gasteiger partial charge in [0.15, 0.2) is 0 Å². The van der Waals surface area contributed by atoms with Gasteiger partial charge in [-0.05, 0) is 36.8 Å². The van der Waals surface area contributed by atoms with Gasteiger partial charge in [-0.15, -0.1) is 0 Å². The molecule has 1 aromatic carbocycles. The number of hydrogen-bond donors (Lipinski definition) is 3. The van der Waals surface area contributed by atoms with E-state index in [1.165, 1.54) is 0 Å². The summed E-state index contributed by atoms with van der Waals surface area (Å²) in [6.07, 6.45) is 4.83. The Morgan fingerprint density at radius 3 is 2.74 bits per heavy atom. The van der Waals surface area contributed by atoms with Gasteiger partial charge in [0.05, 0.1) is 11.4 Å². The zero-order valence-electron chi connectivity index (χ0n) is 10.7. The lowest BCUT2D eigenvalue weighted by molar-refractivity contribution is -0.137. The van der Waals surface area contributed by atoms with Crippen LogP contribution in [-0.4, -0.2) is 16.2 Å². The lowest BCUT2D eigenvalue weighted by Crippen LogP contribution is -2.16. The average molecular weight is 284 g/mol. The Morgan fingerprint density at radius 2 is 2.05 bits per heavy atom. The molecule has 1 aromatic rings. The summed E-state index contributed by atoms with van der Waals surface area (Å²) in [6.45, 7) is 0. The molecule has 0 amide bonds. The van der Waals surface area contributed by atoms with E-state index in [1.54, 1.807) is 0 Å². The summed E-state index contributed by atoms with van der Waals surface area (Å²) in [6, 6.07) is 1.10. The van der Waals surface area contributed by atoms with Gasteiger partial charge in [0, 0.05) is 11.6 Å². The highest BCUT2D eigenvalue weighted by Crippen LogP contribution is 2.39. The fraction of sp³-hybridized carbons (Fsp3) is 0.500. The van der Waals surface area contributed by atoms with Crippen molar-refractivity contribution in [2.45, 2.75) is 44.6 Å². The molecule has 104 valence electrons. The molecule has 0 heterocycles. The van der Waals surface area contributed by atoms with E-state index in [2.05, 4.69) is 0 Å². The maximum absolute atomic E-state index is 10.7. The van der Waals surface area contributed by atoms with Crippen molar-refractivity contribution in [2.24, 2.45) is 5.73 Å². The molecule has 1 atom stereocenters. The van der Waals surface area contributed by atoms with Crippen molar-refractivity contribution >= 4 is 17.6 Å². The van der Waals surface area contributed by atoms with E-state index < -0.39 is 12.0 Å². The summed E-state index contributed by atoms with van der Waals surface area (Å²) in [5.41, 5.74) is 8.36. The van der Waals surface area contributed by atoms with Crippen LogP contribution in [0.5, 0.6) is 5.75 Å². The van der Waals surface area contributed by atoms with Crippen LogP contribution >= 0.6 is 11.6 Å². The third-order valence-electron chi connectivity index (χ3n) is 3.63. The number of rotatable bonds is 3. The standard InChI is InChI=1S/C14H18ClNO3/c15-13-9-5-3-1-2-4-8(9)6-10(14(13)19)11(16)7-12(17)18/h6,11,19H,1-5,7,16H2,(H,17,18). The molecule has 5 heteroatoms. The first-order chi connectivity index (χ1) is 9.00. The van der Waals surface area contributed by atoms with E-state index in [0.717, 1.165) is 43.2 Å². The first-order valence-electron chi connectivity index (χ1n) is 6.51. The first-order valence-corrected chi connectivity index (χ1v) is 6.89. The van der Waals surface area contributed by atoms with Gasteiger partial charge in [-0.3, -0.25) is 4.79 Å². The molecular weight excluding hydrogens is 266 g/mol. The summed E-state index contributed by atoms with van der Waals surface area (Å²) < 4.78 is 0. The minimum atomic E-state index is -0.988. The van der Waals surface area contributed by atoms with Crippen LogP contribution in [0.4, 0.5) is 0 Å². The zero-order valence-corrected chi connectivity index (χ0v) is 11.4. The number of hydrogen-bond acceptors (Lipinski definition) is 3. The Balaban J connectivity index is 2.43. The maximum Gasteiger partial charge on any atom is 0.305 e.